The van der Waals surface area contributed by atoms with E-state index >= 15 is 0 Å². The monoisotopic (exact) mass is 177 g/mol. The molecule has 0 amide bonds. The van der Waals surface area contributed by atoms with Gasteiger partial charge in [-0.2, -0.15) is 0 Å². The van der Waals surface area contributed by atoms with Crippen molar-refractivity contribution in [1.82, 2.24) is 5.32 Å². The van der Waals surface area contributed by atoms with Crippen molar-refractivity contribution in [2.45, 2.75) is 12.5 Å². The van der Waals surface area contributed by atoms with Crippen LogP contribution in [0.5, 0.6) is 0 Å². The van der Waals surface area contributed by atoms with Crippen LogP contribution in [0.25, 0.3) is 0 Å². The summed E-state index contributed by atoms with van der Waals surface area (Å²) in [5, 5.41) is 13.0. The number of nitrogens with one attached hydrogen (secondary N) is 1. The van der Waals surface area contributed by atoms with Crippen LogP contribution in [0.2, 0.25) is 0 Å². The maximum Gasteiger partial charge on any atom is 0.0986 e. The van der Waals surface area contributed by atoms with Gasteiger partial charge in [0.05, 0.1) is 5.60 Å². The van der Waals surface area contributed by atoms with E-state index in [0.717, 1.165) is 13.1 Å². The first-order valence-corrected chi connectivity index (χ1v) is 4.69. The van der Waals surface area contributed by atoms with Crippen molar-refractivity contribution in [2.24, 2.45) is 5.92 Å². The van der Waals surface area contributed by atoms with E-state index in [1.54, 1.807) is 6.92 Å². The van der Waals surface area contributed by atoms with E-state index in [1.807, 2.05) is 24.3 Å². The third kappa shape index (κ3) is 1.90. The van der Waals surface area contributed by atoms with Gasteiger partial charge >= 0.3 is 0 Å². The molecule has 0 saturated carbocycles. The summed E-state index contributed by atoms with van der Waals surface area (Å²) in [6.07, 6.45) is 9.71. The molecule has 1 aliphatic heterocycles. The summed E-state index contributed by atoms with van der Waals surface area (Å²) in [5.41, 5.74) is 0.530. The second kappa shape index (κ2) is 3.13. The minimum absolute atomic E-state index is 0.634. The van der Waals surface area contributed by atoms with Crippen LogP contribution in [-0.2, 0) is 0 Å². The van der Waals surface area contributed by atoms with Gasteiger partial charge in [0.15, 0.2) is 0 Å². The molecule has 1 heterocycles. The molecule has 1 aliphatic carbocycles. The minimum atomic E-state index is -0.782. The molecule has 0 radical (unpaired) electrons. The average molecular weight is 177 g/mol. The van der Waals surface area contributed by atoms with Crippen LogP contribution in [0.3, 0.4) is 0 Å². The van der Waals surface area contributed by atoms with Gasteiger partial charge in [0.1, 0.15) is 0 Å². The highest BCUT2D eigenvalue weighted by Gasteiger charge is 2.21. The maximum absolute atomic E-state index is 9.72. The molecule has 0 aromatic heterocycles. The topological polar surface area (TPSA) is 32.3 Å². The van der Waals surface area contributed by atoms with Gasteiger partial charge in [0, 0.05) is 19.0 Å². The maximum atomic E-state index is 9.72. The van der Waals surface area contributed by atoms with E-state index in [1.165, 1.54) is 5.57 Å². The van der Waals surface area contributed by atoms with Gasteiger partial charge in [-0.15, -0.1) is 0 Å². The third-order valence-corrected chi connectivity index (χ3v) is 2.59. The van der Waals surface area contributed by atoms with E-state index < -0.39 is 5.60 Å². The summed E-state index contributed by atoms with van der Waals surface area (Å²) in [6.45, 7) is 3.91. The molecule has 1 atom stereocenters. The molecule has 2 aliphatic rings. The van der Waals surface area contributed by atoms with Gasteiger partial charge in [-0.1, -0.05) is 18.2 Å². The molecule has 0 aromatic carbocycles. The number of hydrogen-bond donors (Lipinski definition) is 2. The van der Waals surface area contributed by atoms with Crippen LogP contribution < -0.4 is 5.32 Å². The molecule has 2 nitrogen and oxygen atoms in total. The highest BCUT2D eigenvalue weighted by Crippen LogP contribution is 2.21. The fraction of sp³-hybridized carbons (Fsp3) is 0.455. The van der Waals surface area contributed by atoms with Crippen LogP contribution in [0.15, 0.2) is 36.0 Å². The molecular weight excluding hydrogens is 162 g/mol. The second-order valence-electron chi connectivity index (χ2n) is 3.94. The zero-order valence-corrected chi connectivity index (χ0v) is 7.83. The predicted octanol–water partition coefficient (Wildman–Crippen LogP) is 1.01. The number of aliphatic hydroxyl groups is 1. The van der Waals surface area contributed by atoms with Crippen molar-refractivity contribution >= 4 is 0 Å². The molecule has 1 fully saturated rings. The first-order chi connectivity index (χ1) is 6.17. The zero-order valence-electron chi connectivity index (χ0n) is 7.83. The van der Waals surface area contributed by atoms with Crippen molar-refractivity contribution in [1.29, 1.82) is 0 Å². The Morgan fingerprint density at radius 3 is 2.85 bits per heavy atom. The molecular formula is C11H15NO. The summed E-state index contributed by atoms with van der Waals surface area (Å²) < 4.78 is 0. The molecule has 2 rings (SSSR count). The zero-order chi connectivity index (χ0) is 9.31. The first-order valence-electron chi connectivity index (χ1n) is 4.69. The van der Waals surface area contributed by atoms with Crippen LogP contribution in [0, 0.1) is 5.92 Å². The summed E-state index contributed by atoms with van der Waals surface area (Å²) in [5.74, 6) is 0.634. The summed E-state index contributed by atoms with van der Waals surface area (Å²) >= 11 is 0. The quantitative estimate of drug-likeness (QED) is 0.626. The van der Waals surface area contributed by atoms with Gasteiger partial charge in [0.2, 0.25) is 0 Å². The fourth-order valence-corrected chi connectivity index (χ4v) is 1.53. The largest absolute Gasteiger partial charge is 0.382 e. The normalized spacial score (nSPS) is 33.8. The number of allylic oxidation sites excluding steroid dienone is 3. The fourth-order valence-electron chi connectivity index (χ4n) is 1.53. The Morgan fingerprint density at radius 2 is 2.23 bits per heavy atom. The molecule has 0 spiro atoms. The summed E-state index contributed by atoms with van der Waals surface area (Å²) in [4.78, 5) is 0. The van der Waals surface area contributed by atoms with Crippen molar-refractivity contribution in [3.8, 4) is 0 Å². The molecule has 2 N–H and O–H groups in total. The first kappa shape index (κ1) is 8.73. The highest BCUT2D eigenvalue weighted by atomic mass is 16.3. The lowest BCUT2D eigenvalue weighted by Crippen LogP contribution is -2.42. The van der Waals surface area contributed by atoms with E-state index in [4.69, 9.17) is 0 Å². The Labute approximate surface area is 78.7 Å². The van der Waals surface area contributed by atoms with Crippen LogP contribution in [-0.4, -0.2) is 23.8 Å². The molecule has 0 aromatic rings. The van der Waals surface area contributed by atoms with Gasteiger partial charge in [-0.05, 0) is 24.6 Å². The van der Waals surface area contributed by atoms with E-state index in [0.29, 0.717) is 5.92 Å². The second-order valence-corrected chi connectivity index (χ2v) is 3.94. The lowest BCUT2D eigenvalue weighted by Gasteiger charge is -2.28. The van der Waals surface area contributed by atoms with Crippen LogP contribution in [0.1, 0.15) is 6.92 Å². The Balaban J connectivity index is 2.14. The lowest BCUT2D eigenvalue weighted by atomic mass is 9.92. The van der Waals surface area contributed by atoms with Gasteiger partial charge in [-0.3, -0.25) is 0 Å². The Bertz CT molecular complexity index is 282. The smallest absolute Gasteiger partial charge is 0.0986 e. The predicted molar refractivity (Wildman–Crippen MR) is 53.3 cm³/mol. The Hall–Kier alpha value is -0.860. The molecule has 70 valence electrons. The summed E-state index contributed by atoms with van der Waals surface area (Å²) in [7, 11) is 0. The van der Waals surface area contributed by atoms with E-state index in [9.17, 15) is 5.11 Å². The standard InChI is InChI=1S/C11H15NO/c1-11(13)5-2-3-9(4-6-11)10-7-12-8-10/h2-6,10,12-13H,7-8H2,1H3. The van der Waals surface area contributed by atoms with E-state index in [2.05, 4.69) is 11.4 Å². The highest BCUT2D eigenvalue weighted by molar-refractivity contribution is 5.35. The van der Waals surface area contributed by atoms with Crippen molar-refractivity contribution in [3.05, 3.63) is 36.0 Å². The molecule has 2 heteroatoms. The number of hydrogen-bond acceptors (Lipinski definition) is 2. The minimum Gasteiger partial charge on any atom is -0.382 e. The molecule has 13 heavy (non-hydrogen) atoms. The Morgan fingerprint density at radius 1 is 1.46 bits per heavy atom. The number of rotatable bonds is 1. The van der Waals surface area contributed by atoms with Crippen molar-refractivity contribution in [3.63, 3.8) is 0 Å². The molecule has 1 unspecified atom stereocenters. The van der Waals surface area contributed by atoms with Crippen molar-refractivity contribution in [2.75, 3.05) is 13.1 Å². The van der Waals surface area contributed by atoms with Gasteiger partial charge in [-0.25, -0.2) is 0 Å². The van der Waals surface area contributed by atoms with Gasteiger partial charge in [0.25, 0.3) is 0 Å². The third-order valence-electron chi connectivity index (χ3n) is 2.59. The Kier molecular flexibility index (Phi) is 2.10. The molecule has 1 saturated heterocycles. The van der Waals surface area contributed by atoms with E-state index in [-0.39, 0.29) is 0 Å². The van der Waals surface area contributed by atoms with Crippen LogP contribution >= 0.6 is 0 Å². The van der Waals surface area contributed by atoms with Gasteiger partial charge < -0.3 is 10.4 Å². The molecule has 0 bridgehead atoms. The summed E-state index contributed by atoms with van der Waals surface area (Å²) in [6, 6.07) is 0. The van der Waals surface area contributed by atoms with Crippen LogP contribution in [0.4, 0.5) is 0 Å². The SMILES string of the molecule is CC1(O)C=CC=C(C2CNC2)C=C1. The average Bonchev–Trinajstić information content (AvgIpc) is 2.09. The van der Waals surface area contributed by atoms with Crippen molar-refractivity contribution < 1.29 is 5.11 Å². The lowest BCUT2D eigenvalue weighted by molar-refractivity contribution is 0.164.